The van der Waals surface area contributed by atoms with Crippen LogP contribution in [0.5, 0.6) is 0 Å². The van der Waals surface area contributed by atoms with Crippen LogP contribution in [0, 0.1) is 23.2 Å². The molecule has 0 aliphatic heterocycles. The largest absolute Gasteiger partial charge is 0.449 e. The van der Waals surface area contributed by atoms with Crippen LogP contribution >= 0.6 is 0 Å². The van der Waals surface area contributed by atoms with Crippen molar-refractivity contribution in [1.29, 1.82) is 0 Å². The van der Waals surface area contributed by atoms with Gasteiger partial charge < -0.3 is 4.74 Å². The molecule has 0 unspecified atom stereocenters. The molecule has 0 saturated heterocycles. The van der Waals surface area contributed by atoms with Gasteiger partial charge in [0.05, 0.1) is 12.3 Å². The van der Waals surface area contributed by atoms with Crippen LogP contribution < -0.4 is 5.32 Å². The van der Waals surface area contributed by atoms with Crippen molar-refractivity contribution in [3.8, 4) is 0 Å². The highest BCUT2D eigenvalue weighted by Crippen LogP contribution is 2.64. The number of allylic oxidation sites excluding steroid dienone is 1. The van der Waals surface area contributed by atoms with Gasteiger partial charge in [0.15, 0.2) is 0 Å². The predicted molar refractivity (Wildman–Crippen MR) is 102 cm³/mol. The highest BCUT2D eigenvalue weighted by Gasteiger charge is 2.58. The maximum Gasteiger partial charge on any atom is 0.411 e. The lowest BCUT2D eigenvalue weighted by Crippen LogP contribution is -2.21. The molecule has 2 aromatic carbocycles. The lowest BCUT2D eigenvalue weighted by molar-refractivity contribution is 0.142. The molecule has 1 fully saturated rings. The number of rotatable bonds is 3. The summed E-state index contributed by atoms with van der Waals surface area (Å²) in [5.41, 5.74) is 2.58. The first kappa shape index (κ1) is 16.2. The standard InChI is InChI=1S/C22H25NO2/c1-14-11-18-19(22(18,2)3)12-16(14)13-25-21(24)23-20-10-6-8-15-7-4-5-9-17(15)20/h4-11,16,18-19H,12-13H2,1-3H3,(H,23,24)/t16-,18+,19+/m0/s1. The number of anilines is 1. The third-order valence-corrected chi connectivity index (χ3v) is 6.21. The molecule has 2 aliphatic carbocycles. The van der Waals surface area contributed by atoms with Gasteiger partial charge in [-0.3, -0.25) is 5.32 Å². The summed E-state index contributed by atoms with van der Waals surface area (Å²) in [6.07, 6.45) is 3.15. The highest BCUT2D eigenvalue weighted by atomic mass is 16.5. The average Bonchev–Trinajstić information content (AvgIpc) is 3.12. The van der Waals surface area contributed by atoms with E-state index in [-0.39, 0.29) is 6.09 Å². The zero-order chi connectivity index (χ0) is 17.6. The smallest absolute Gasteiger partial charge is 0.411 e. The predicted octanol–water partition coefficient (Wildman–Crippen LogP) is 5.63. The molecule has 2 aromatic rings. The van der Waals surface area contributed by atoms with Gasteiger partial charge in [-0.2, -0.15) is 0 Å². The second-order valence-electron chi connectivity index (χ2n) is 8.05. The first-order valence-corrected chi connectivity index (χ1v) is 9.06. The summed E-state index contributed by atoms with van der Waals surface area (Å²) >= 11 is 0. The fraction of sp³-hybridized carbons (Fsp3) is 0.409. The third-order valence-electron chi connectivity index (χ3n) is 6.21. The number of benzene rings is 2. The van der Waals surface area contributed by atoms with Gasteiger partial charge in [-0.15, -0.1) is 0 Å². The third kappa shape index (κ3) is 2.92. The number of hydrogen-bond acceptors (Lipinski definition) is 2. The monoisotopic (exact) mass is 335 g/mol. The van der Waals surface area contributed by atoms with Crippen molar-refractivity contribution in [1.82, 2.24) is 0 Å². The zero-order valence-corrected chi connectivity index (χ0v) is 15.1. The van der Waals surface area contributed by atoms with Crippen LogP contribution in [-0.2, 0) is 4.74 Å². The Hall–Kier alpha value is -2.29. The molecule has 2 aliphatic rings. The Balaban J connectivity index is 1.38. The van der Waals surface area contributed by atoms with E-state index in [0.717, 1.165) is 28.8 Å². The molecule has 4 rings (SSSR count). The molecule has 0 spiro atoms. The van der Waals surface area contributed by atoms with Gasteiger partial charge >= 0.3 is 6.09 Å². The van der Waals surface area contributed by atoms with Gasteiger partial charge in [-0.05, 0) is 42.0 Å². The van der Waals surface area contributed by atoms with E-state index in [9.17, 15) is 4.79 Å². The maximum atomic E-state index is 12.3. The van der Waals surface area contributed by atoms with Crippen LogP contribution in [0.1, 0.15) is 27.2 Å². The van der Waals surface area contributed by atoms with Crippen molar-refractivity contribution < 1.29 is 9.53 Å². The number of nitrogens with one attached hydrogen (secondary N) is 1. The molecule has 25 heavy (non-hydrogen) atoms. The number of amides is 1. The molecule has 0 heterocycles. The fourth-order valence-corrected chi connectivity index (χ4v) is 4.34. The van der Waals surface area contributed by atoms with Crippen LogP contribution in [0.25, 0.3) is 10.8 Å². The lowest BCUT2D eigenvalue weighted by Gasteiger charge is -2.21. The van der Waals surface area contributed by atoms with Crippen molar-refractivity contribution >= 4 is 22.6 Å². The molecule has 1 N–H and O–H groups in total. The minimum Gasteiger partial charge on any atom is -0.449 e. The van der Waals surface area contributed by atoms with Crippen molar-refractivity contribution in [3.05, 3.63) is 54.1 Å². The number of fused-ring (bicyclic) bond motifs is 2. The summed E-state index contributed by atoms with van der Waals surface area (Å²) < 4.78 is 5.55. The highest BCUT2D eigenvalue weighted by molar-refractivity contribution is 6.00. The first-order valence-electron chi connectivity index (χ1n) is 9.06. The molecule has 0 bridgehead atoms. The molecule has 0 aromatic heterocycles. The van der Waals surface area contributed by atoms with E-state index >= 15 is 0 Å². The normalized spacial score (nSPS) is 26.5. The molecule has 130 valence electrons. The van der Waals surface area contributed by atoms with Gasteiger partial charge in [0.1, 0.15) is 0 Å². The van der Waals surface area contributed by atoms with Crippen molar-refractivity contribution in [2.45, 2.75) is 27.2 Å². The Kier molecular flexibility index (Phi) is 3.82. The van der Waals surface area contributed by atoms with E-state index in [1.165, 1.54) is 5.57 Å². The molecule has 1 saturated carbocycles. The van der Waals surface area contributed by atoms with Crippen LogP contribution in [0.3, 0.4) is 0 Å². The van der Waals surface area contributed by atoms with E-state index in [0.29, 0.717) is 23.9 Å². The number of carbonyl (C=O) groups excluding carboxylic acids is 1. The van der Waals surface area contributed by atoms with Crippen LogP contribution in [-0.4, -0.2) is 12.7 Å². The minimum atomic E-state index is -0.374. The number of ether oxygens (including phenoxy) is 1. The van der Waals surface area contributed by atoms with Crippen molar-refractivity contribution in [3.63, 3.8) is 0 Å². The summed E-state index contributed by atoms with van der Waals surface area (Å²) in [5, 5.41) is 5.03. The molecular formula is C22H25NO2. The number of carbonyl (C=O) groups is 1. The summed E-state index contributed by atoms with van der Waals surface area (Å²) in [6.45, 7) is 7.30. The average molecular weight is 335 g/mol. The molecular weight excluding hydrogens is 310 g/mol. The Morgan fingerprint density at radius 2 is 1.96 bits per heavy atom. The van der Waals surface area contributed by atoms with E-state index in [4.69, 9.17) is 4.74 Å². The molecule has 0 radical (unpaired) electrons. The van der Waals surface area contributed by atoms with Crippen LogP contribution in [0.15, 0.2) is 54.1 Å². The van der Waals surface area contributed by atoms with E-state index in [1.54, 1.807) is 0 Å². The Morgan fingerprint density at radius 1 is 1.20 bits per heavy atom. The summed E-state index contributed by atoms with van der Waals surface area (Å²) in [7, 11) is 0. The fourth-order valence-electron chi connectivity index (χ4n) is 4.34. The first-order chi connectivity index (χ1) is 12.0. The van der Waals surface area contributed by atoms with E-state index in [1.807, 2.05) is 42.5 Å². The maximum absolute atomic E-state index is 12.3. The second-order valence-corrected chi connectivity index (χ2v) is 8.05. The zero-order valence-electron chi connectivity index (χ0n) is 15.1. The molecule has 3 heteroatoms. The Morgan fingerprint density at radius 3 is 2.80 bits per heavy atom. The van der Waals surface area contributed by atoms with Gasteiger partial charge in [0.2, 0.25) is 0 Å². The lowest BCUT2D eigenvalue weighted by atomic mass is 9.89. The van der Waals surface area contributed by atoms with Crippen molar-refractivity contribution in [2.24, 2.45) is 23.2 Å². The SMILES string of the molecule is CC1=C[C@@H]2[C@@H](C[C@H]1COC(=O)Nc1cccc3ccccc13)C2(C)C. The second kappa shape index (κ2) is 5.91. The quantitative estimate of drug-likeness (QED) is 0.739. The molecule has 3 nitrogen and oxygen atoms in total. The topological polar surface area (TPSA) is 38.3 Å². The Bertz CT molecular complexity index is 847. The van der Waals surface area contributed by atoms with Gasteiger partial charge in [0, 0.05) is 11.3 Å². The van der Waals surface area contributed by atoms with E-state index < -0.39 is 0 Å². The van der Waals surface area contributed by atoms with Crippen LogP contribution in [0.4, 0.5) is 10.5 Å². The minimum absolute atomic E-state index is 0.348. The van der Waals surface area contributed by atoms with Crippen molar-refractivity contribution in [2.75, 3.05) is 11.9 Å². The summed E-state index contributed by atoms with van der Waals surface area (Å²) in [6, 6.07) is 13.9. The van der Waals surface area contributed by atoms with Gasteiger partial charge in [0.25, 0.3) is 0 Å². The Labute approximate surface area is 149 Å². The van der Waals surface area contributed by atoms with Gasteiger partial charge in [-0.25, -0.2) is 4.79 Å². The summed E-state index contributed by atoms with van der Waals surface area (Å²) in [5.74, 6) is 1.81. The van der Waals surface area contributed by atoms with Gasteiger partial charge in [-0.1, -0.05) is 61.9 Å². The molecule has 3 atom stereocenters. The van der Waals surface area contributed by atoms with E-state index in [2.05, 4.69) is 32.2 Å². The summed E-state index contributed by atoms with van der Waals surface area (Å²) in [4.78, 5) is 12.3. The number of hydrogen-bond donors (Lipinski definition) is 1. The van der Waals surface area contributed by atoms with Crippen LogP contribution in [0.2, 0.25) is 0 Å². The molecule has 1 amide bonds.